The second-order valence-corrected chi connectivity index (χ2v) is 7.56. The van der Waals surface area contributed by atoms with Crippen LogP contribution in [0.5, 0.6) is 0 Å². The number of benzene rings is 1. The van der Waals surface area contributed by atoms with E-state index in [1.165, 1.54) is 11.3 Å². The average molecular weight is 374 g/mol. The average Bonchev–Trinajstić information content (AvgIpc) is 3.29. The number of thiazole rings is 1. The van der Waals surface area contributed by atoms with Crippen molar-refractivity contribution in [2.24, 2.45) is 0 Å². The van der Waals surface area contributed by atoms with Gasteiger partial charge in [-0.1, -0.05) is 12.1 Å². The van der Waals surface area contributed by atoms with Crippen molar-refractivity contribution in [3.05, 3.63) is 51.7 Å². The highest BCUT2D eigenvalue weighted by atomic mass is 32.1. The Labute approximate surface area is 154 Å². The molecule has 130 valence electrons. The van der Waals surface area contributed by atoms with Gasteiger partial charge in [0.05, 0.1) is 16.3 Å². The first-order valence-electron chi connectivity index (χ1n) is 7.98. The molecule has 0 aliphatic carbocycles. The van der Waals surface area contributed by atoms with E-state index in [9.17, 15) is 9.59 Å². The molecule has 1 N–H and O–H groups in total. The fourth-order valence-electron chi connectivity index (χ4n) is 2.41. The van der Waals surface area contributed by atoms with E-state index in [0.717, 1.165) is 15.2 Å². The molecule has 3 rings (SSSR count). The van der Waals surface area contributed by atoms with Crippen LogP contribution in [0, 0.1) is 0 Å². The van der Waals surface area contributed by atoms with Crippen LogP contribution in [0.4, 0.5) is 0 Å². The Hall–Kier alpha value is -2.25. The molecule has 2 heterocycles. The third-order valence-electron chi connectivity index (χ3n) is 4.05. The second kappa shape index (κ2) is 7.76. The van der Waals surface area contributed by atoms with E-state index >= 15 is 0 Å². The zero-order valence-electron chi connectivity index (χ0n) is 14.1. The lowest BCUT2D eigenvalue weighted by molar-refractivity contribution is -0.131. The van der Waals surface area contributed by atoms with Gasteiger partial charge in [0.25, 0.3) is 5.91 Å². The molecule has 0 saturated carbocycles. The molecule has 1 aromatic carbocycles. The van der Waals surface area contributed by atoms with Crippen LogP contribution in [-0.4, -0.2) is 35.3 Å². The number of carbonyl (C=O) groups excluding carboxylic acids is 2. The molecule has 25 heavy (non-hydrogen) atoms. The number of thiophene rings is 1. The molecule has 0 fully saturated rings. The first-order valence-corrected chi connectivity index (χ1v) is 9.73. The van der Waals surface area contributed by atoms with Crippen molar-refractivity contribution in [3.63, 3.8) is 0 Å². The van der Waals surface area contributed by atoms with Gasteiger partial charge in [0.15, 0.2) is 0 Å². The molecule has 0 radical (unpaired) electrons. The fourth-order valence-corrected chi connectivity index (χ4v) is 4.10. The Morgan fingerprint density at radius 3 is 2.80 bits per heavy atom. The molecule has 2 amide bonds. The third-order valence-corrected chi connectivity index (χ3v) is 5.94. The lowest BCUT2D eigenvalue weighted by Gasteiger charge is -2.23. The summed E-state index contributed by atoms with van der Waals surface area (Å²) in [5, 5.41) is 7.34. The summed E-state index contributed by atoms with van der Waals surface area (Å²) < 4.78 is 1.12. The number of amides is 2. The van der Waals surface area contributed by atoms with Crippen LogP contribution >= 0.6 is 22.7 Å². The smallest absolute Gasteiger partial charge is 0.252 e. The Kier molecular flexibility index (Phi) is 5.45. The first-order chi connectivity index (χ1) is 12.1. The van der Waals surface area contributed by atoms with Crippen LogP contribution in [0.1, 0.15) is 34.8 Å². The monoisotopic (exact) mass is 373 g/mol. The van der Waals surface area contributed by atoms with Crippen molar-refractivity contribution in [3.8, 4) is 0 Å². The largest absolute Gasteiger partial charge is 0.351 e. The van der Waals surface area contributed by atoms with Gasteiger partial charge in [-0.05, 0) is 30.5 Å². The third kappa shape index (κ3) is 4.05. The van der Waals surface area contributed by atoms with Crippen LogP contribution in [-0.2, 0) is 4.79 Å². The van der Waals surface area contributed by atoms with Crippen LogP contribution < -0.4 is 5.32 Å². The standard InChI is InChI=1S/C18H19N3O2S2/c1-12(18-20-14-5-3-4-6-15(14)25-18)21(2)16(22)7-9-19-17(23)13-8-10-24-11-13/h3-6,8,10-12H,7,9H2,1-2H3,(H,19,23). The van der Waals surface area contributed by atoms with E-state index in [-0.39, 0.29) is 24.3 Å². The minimum Gasteiger partial charge on any atom is -0.351 e. The van der Waals surface area contributed by atoms with Crippen molar-refractivity contribution >= 4 is 44.7 Å². The summed E-state index contributed by atoms with van der Waals surface area (Å²) >= 11 is 3.08. The van der Waals surface area contributed by atoms with E-state index in [1.54, 1.807) is 34.7 Å². The summed E-state index contributed by atoms with van der Waals surface area (Å²) in [7, 11) is 1.78. The molecular formula is C18H19N3O2S2. The number of nitrogens with one attached hydrogen (secondary N) is 1. The van der Waals surface area contributed by atoms with Crippen LogP contribution in [0.15, 0.2) is 41.1 Å². The molecule has 0 spiro atoms. The maximum atomic E-state index is 12.4. The van der Waals surface area contributed by atoms with E-state index in [0.29, 0.717) is 12.1 Å². The summed E-state index contributed by atoms with van der Waals surface area (Å²) in [5.74, 6) is -0.159. The van der Waals surface area contributed by atoms with Gasteiger partial charge in [-0.3, -0.25) is 9.59 Å². The van der Waals surface area contributed by atoms with Gasteiger partial charge in [0, 0.05) is 31.0 Å². The van der Waals surface area contributed by atoms with E-state index < -0.39 is 0 Å². The number of fused-ring (bicyclic) bond motifs is 1. The minimum atomic E-state index is -0.143. The molecule has 0 aliphatic rings. The van der Waals surface area contributed by atoms with E-state index in [1.807, 2.05) is 36.6 Å². The van der Waals surface area contributed by atoms with Crippen LogP contribution in [0.25, 0.3) is 10.2 Å². The topological polar surface area (TPSA) is 62.3 Å². The van der Waals surface area contributed by atoms with Gasteiger partial charge in [0.1, 0.15) is 5.01 Å². The highest BCUT2D eigenvalue weighted by Gasteiger charge is 2.20. The maximum absolute atomic E-state index is 12.4. The molecule has 5 nitrogen and oxygen atoms in total. The zero-order chi connectivity index (χ0) is 17.8. The molecule has 2 aromatic heterocycles. The number of nitrogens with zero attached hydrogens (tertiary/aromatic N) is 2. The van der Waals surface area contributed by atoms with Crippen molar-refractivity contribution < 1.29 is 9.59 Å². The van der Waals surface area contributed by atoms with Crippen LogP contribution in [0.2, 0.25) is 0 Å². The first kappa shape index (κ1) is 17.6. The van der Waals surface area contributed by atoms with E-state index in [2.05, 4.69) is 10.3 Å². The van der Waals surface area contributed by atoms with Gasteiger partial charge in [-0.15, -0.1) is 11.3 Å². The van der Waals surface area contributed by atoms with Gasteiger partial charge < -0.3 is 10.2 Å². The number of rotatable bonds is 6. The SMILES string of the molecule is CC(c1nc2ccccc2s1)N(C)C(=O)CCNC(=O)c1ccsc1. The number of para-hydroxylation sites is 1. The Morgan fingerprint density at radius 2 is 2.08 bits per heavy atom. The van der Waals surface area contributed by atoms with Crippen molar-refractivity contribution in [1.29, 1.82) is 0 Å². The number of hydrogen-bond donors (Lipinski definition) is 1. The lowest BCUT2D eigenvalue weighted by atomic mass is 10.2. The quantitative estimate of drug-likeness (QED) is 0.717. The predicted octanol–water partition coefficient (Wildman–Crippen LogP) is 3.70. The maximum Gasteiger partial charge on any atom is 0.252 e. The number of aromatic nitrogens is 1. The van der Waals surface area contributed by atoms with E-state index in [4.69, 9.17) is 0 Å². The van der Waals surface area contributed by atoms with Gasteiger partial charge in [0.2, 0.25) is 5.91 Å². The lowest BCUT2D eigenvalue weighted by Crippen LogP contribution is -2.33. The summed E-state index contributed by atoms with van der Waals surface area (Å²) in [4.78, 5) is 30.6. The predicted molar refractivity (Wildman–Crippen MR) is 102 cm³/mol. The Morgan fingerprint density at radius 1 is 1.28 bits per heavy atom. The summed E-state index contributed by atoms with van der Waals surface area (Å²) in [6.45, 7) is 2.30. The molecule has 0 bridgehead atoms. The molecule has 1 atom stereocenters. The highest BCUT2D eigenvalue weighted by Crippen LogP contribution is 2.28. The van der Waals surface area contributed by atoms with Crippen LogP contribution in [0.3, 0.4) is 0 Å². The molecule has 0 saturated heterocycles. The van der Waals surface area contributed by atoms with Gasteiger partial charge in [-0.25, -0.2) is 4.98 Å². The molecule has 1 unspecified atom stereocenters. The number of hydrogen-bond acceptors (Lipinski definition) is 5. The summed E-state index contributed by atoms with van der Waals surface area (Å²) in [6.07, 6.45) is 0.265. The van der Waals surface area contributed by atoms with Crippen molar-refractivity contribution in [2.75, 3.05) is 13.6 Å². The number of carbonyl (C=O) groups is 2. The summed E-state index contributed by atoms with van der Waals surface area (Å²) in [5.41, 5.74) is 1.59. The zero-order valence-corrected chi connectivity index (χ0v) is 15.7. The van der Waals surface area contributed by atoms with Crippen molar-refractivity contribution in [1.82, 2.24) is 15.2 Å². The fraction of sp³-hybridized carbons (Fsp3) is 0.278. The van der Waals surface area contributed by atoms with Gasteiger partial charge in [-0.2, -0.15) is 11.3 Å². The minimum absolute atomic E-state index is 0.0163. The molecule has 3 aromatic rings. The normalized spacial score (nSPS) is 12.1. The molecular weight excluding hydrogens is 354 g/mol. The second-order valence-electron chi connectivity index (χ2n) is 5.72. The van der Waals surface area contributed by atoms with Gasteiger partial charge >= 0.3 is 0 Å². The molecule has 0 aliphatic heterocycles. The van der Waals surface area contributed by atoms with Crippen molar-refractivity contribution in [2.45, 2.75) is 19.4 Å². The highest BCUT2D eigenvalue weighted by molar-refractivity contribution is 7.18. The molecule has 7 heteroatoms. The Bertz CT molecular complexity index is 840. The Balaban J connectivity index is 1.55. The summed E-state index contributed by atoms with van der Waals surface area (Å²) in [6, 6.07) is 9.62.